The monoisotopic (exact) mass is 683 g/mol. The highest BCUT2D eigenvalue weighted by molar-refractivity contribution is 5.71. The maximum absolute atomic E-state index is 12.6. The molecule has 0 saturated heterocycles. The molecule has 2 atom stereocenters. The molecule has 49 heavy (non-hydrogen) atoms. The van der Waals surface area contributed by atoms with Gasteiger partial charge >= 0.3 is 11.9 Å². The summed E-state index contributed by atoms with van der Waals surface area (Å²) in [6, 6.07) is -0.745. The van der Waals surface area contributed by atoms with E-state index in [-0.39, 0.29) is 49.5 Å². The predicted octanol–water partition coefficient (Wildman–Crippen LogP) is 7.68. The molecular weight excluding hydrogens is 618 g/mol. The highest BCUT2D eigenvalue weighted by Crippen LogP contribution is 2.10. The van der Waals surface area contributed by atoms with Crippen LogP contribution in [0.25, 0.3) is 0 Å². The van der Waals surface area contributed by atoms with E-state index in [1.165, 1.54) is 0 Å². The van der Waals surface area contributed by atoms with Gasteiger partial charge in [0.1, 0.15) is 12.6 Å². The highest BCUT2D eigenvalue weighted by atomic mass is 16.6. The molecule has 0 spiro atoms. The lowest BCUT2D eigenvalue weighted by Crippen LogP contribution is -2.55. The van der Waals surface area contributed by atoms with Gasteiger partial charge in [-0.15, -0.1) is 0 Å². The van der Waals surface area contributed by atoms with E-state index >= 15 is 0 Å². The van der Waals surface area contributed by atoms with E-state index in [4.69, 9.17) is 14.2 Å². The number of ether oxygens (including phenoxy) is 3. The molecule has 0 rings (SSSR count). The number of hydrogen-bond acceptors (Lipinski definition) is 7. The SMILES string of the molecule is CC/C=C/C/C=C/C/C=C/C/C=C/CCCCCC(=O)OC(COCCC(C(=O)[O-])[N+](C)(C)C)COC(=O)C/C=C/C/C=C/C/C=C/CC. The van der Waals surface area contributed by atoms with Gasteiger partial charge in [-0.2, -0.15) is 0 Å². The van der Waals surface area contributed by atoms with Gasteiger partial charge in [-0.25, -0.2) is 0 Å². The zero-order valence-corrected chi connectivity index (χ0v) is 31.1. The summed E-state index contributed by atoms with van der Waals surface area (Å²) in [5, 5.41) is 11.6. The lowest BCUT2D eigenvalue weighted by atomic mass is 10.1. The fourth-order valence-electron chi connectivity index (χ4n) is 4.53. The summed E-state index contributed by atoms with van der Waals surface area (Å²) in [6.45, 7) is 4.23. The Labute approximate surface area is 297 Å². The maximum Gasteiger partial charge on any atom is 0.309 e. The van der Waals surface area contributed by atoms with Gasteiger partial charge < -0.3 is 28.6 Å². The van der Waals surface area contributed by atoms with Crippen LogP contribution in [0, 0.1) is 0 Å². The summed E-state index contributed by atoms with van der Waals surface area (Å²) in [5.41, 5.74) is 0. The molecule has 8 nitrogen and oxygen atoms in total. The molecule has 2 unspecified atom stereocenters. The first-order valence-electron chi connectivity index (χ1n) is 18.1. The summed E-state index contributed by atoms with van der Waals surface area (Å²) < 4.78 is 16.9. The van der Waals surface area contributed by atoms with E-state index in [1.807, 2.05) is 12.2 Å². The van der Waals surface area contributed by atoms with Crippen molar-refractivity contribution in [1.82, 2.24) is 0 Å². The molecule has 0 aromatic rings. The average molecular weight is 684 g/mol. The third-order valence-corrected chi connectivity index (χ3v) is 7.31. The van der Waals surface area contributed by atoms with Gasteiger partial charge in [0.05, 0.1) is 46.7 Å². The van der Waals surface area contributed by atoms with Crippen molar-refractivity contribution in [1.29, 1.82) is 0 Å². The van der Waals surface area contributed by atoms with Gasteiger partial charge in [0.25, 0.3) is 0 Å². The fourth-order valence-corrected chi connectivity index (χ4v) is 4.53. The number of likely N-dealkylation sites (N-methyl/N-ethyl adjacent to an activating group) is 1. The topological polar surface area (TPSA) is 102 Å². The highest BCUT2D eigenvalue weighted by Gasteiger charge is 2.25. The quantitative estimate of drug-likeness (QED) is 0.0331. The van der Waals surface area contributed by atoms with Crippen LogP contribution in [0.1, 0.15) is 104 Å². The van der Waals surface area contributed by atoms with Crippen molar-refractivity contribution in [3.05, 3.63) is 85.1 Å². The molecule has 0 N–H and O–H groups in total. The molecule has 0 aliphatic heterocycles. The number of unbranched alkanes of at least 4 members (excludes halogenated alkanes) is 3. The first-order chi connectivity index (χ1) is 23.6. The second-order valence-corrected chi connectivity index (χ2v) is 12.7. The van der Waals surface area contributed by atoms with E-state index in [9.17, 15) is 19.5 Å². The van der Waals surface area contributed by atoms with Gasteiger partial charge in [0, 0.05) is 12.8 Å². The molecule has 0 saturated carbocycles. The molecule has 8 heteroatoms. The molecule has 0 aromatic heterocycles. The Morgan fingerprint density at radius 2 is 1.14 bits per heavy atom. The van der Waals surface area contributed by atoms with Crippen LogP contribution in [0.15, 0.2) is 85.1 Å². The van der Waals surface area contributed by atoms with Gasteiger partial charge in [0.15, 0.2) is 6.10 Å². The Balaban J connectivity index is 4.59. The molecule has 0 amide bonds. The first-order valence-corrected chi connectivity index (χ1v) is 18.1. The molecule has 0 heterocycles. The molecule has 0 aliphatic carbocycles. The number of carboxylic acid groups (broad SMARTS) is 1. The minimum Gasteiger partial charge on any atom is -0.544 e. The van der Waals surface area contributed by atoms with Crippen molar-refractivity contribution in [3.63, 3.8) is 0 Å². The van der Waals surface area contributed by atoms with Crippen LogP contribution in [-0.4, -0.2) is 75.5 Å². The number of quaternary nitrogens is 1. The molecule has 0 aliphatic rings. The number of hydrogen-bond donors (Lipinski definition) is 0. The van der Waals surface area contributed by atoms with Gasteiger partial charge in [-0.1, -0.05) is 105 Å². The van der Waals surface area contributed by atoms with Crippen LogP contribution in [0.3, 0.4) is 0 Å². The summed E-state index contributed by atoms with van der Waals surface area (Å²) in [4.78, 5) is 36.5. The van der Waals surface area contributed by atoms with Crippen LogP contribution in [0.4, 0.5) is 0 Å². The molecular formula is C41H65NO7. The van der Waals surface area contributed by atoms with Crippen molar-refractivity contribution in [3.8, 4) is 0 Å². The Kier molecular flexibility index (Phi) is 29.5. The van der Waals surface area contributed by atoms with Gasteiger partial charge in [0.2, 0.25) is 0 Å². The normalized spacial score (nSPS) is 14.1. The Morgan fingerprint density at radius 3 is 1.65 bits per heavy atom. The number of aliphatic carboxylic acids is 1. The Bertz CT molecular complexity index is 1080. The largest absolute Gasteiger partial charge is 0.544 e. The third-order valence-electron chi connectivity index (χ3n) is 7.31. The zero-order valence-electron chi connectivity index (χ0n) is 31.1. The second-order valence-electron chi connectivity index (χ2n) is 12.7. The standard InChI is InChI=1S/C41H65NO7/c1-6-8-10-12-14-16-17-18-19-20-21-22-24-26-28-30-32-40(44)49-37(35-47-34-33-38(41(45)46)42(3,4)5)36-48-39(43)31-29-27-25-23-15-13-11-9-7-2/h8-11,14-16,18-19,21-23,27,29,37-38H,6-7,12-13,17,20,24-26,28,30-36H2,1-5H3/b10-8+,11-9+,16-14+,19-18+,22-21+,23-15+,29-27+. The van der Waals surface area contributed by atoms with Crippen molar-refractivity contribution in [2.75, 3.05) is 41.0 Å². The van der Waals surface area contributed by atoms with E-state index < -0.39 is 24.1 Å². The molecule has 0 aromatic carbocycles. The van der Waals surface area contributed by atoms with Crippen molar-refractivity contribution in [2.45, 2.75) is 116 Å². The van der Waals surface area contributed by atoms with Crippen molar-refractivity contribution < 1.29 is 38.2 Å². The summed E-state index contributed by atoms with van der Waals surface area (Å²) in [7, 11) is 5.34. The number of rotatable bonds is 30. The Hall–Kier alpha value is -3.49. The first kappa shape index (κ1) is 45.5. The lowest BCUT2D eigenvalue weighted by molar-refractivity contribution is -0.889. The lowest BCUT2D eigenvalue weighted by Gasteiger charge is -2.34. The summed E-state index contributed by atoms with van der Waals surface area (Å²) >= 11 is 0. The number of carbonyl (C=O) groups excluding carboxylic acids is 3. The van der Waals surface area contributed by atoms with Gasteiger partial charge in [-0.3, -0.25) is 9.59 Å². The average Bonchev–Trinajstić information content (AvgIpc) is 3.05. The van der Waals surface area contributed by atoms with Gasteiger partial charge in [-0.05, 0) is 64.2 Å². The van der Waals surface area contributed by atoms with Crippen molar-refractivity contribution in [2.24, 2.45) is 0 Å². The minimum atomic E-state index is -1.15. The third kappa shape index (κ3) is 30.3. The molecule has 276 valence electrons. The number of carbonyl (C=O) groups is 3. The van der Waals surface area contributed by atoms with E-state index in [0.717, 1.165) is 64.2 Å². The second kappa shape index (κ2) is 31.8. The van der Waals surface area contributed by atoms with Crippen molar-refractivity contribution >= 4 is 17.9 Å². The number of nitrogens with zero attached hydrogens (tertiary/aromatic N) is 1. The van der Waals surface area contributed by atoms with E-state index in [0.29, 0.717) is 6.42 Å². The number of allylic oxidation sites excluding steroid dienone is 13. The van der Waals surface area contributed by atoms with Crippen LogP contribution < -0.4 is 5.11 Å². The smallest absolute Gasteiger partial charge is 0.309 e. The van der Waals surface area contributed by atoms with Crippen LogP contribution >= 0.6 is 0 Å². The summed E-state index contributed by atoms with van der Waals surface area (Å²) in [5.74, 6) is -1.95. The minimum absolute atomic E-state index is 0.00509. The molecule has 0 radical (unpaired) electrons. The van der Waals surface area contributed by atoms with E-state index in [1.54, 1.807) is 27.2 Å². The van der Waals surface area contributed by atoms with Crippen LogP contribution in [0.5, 0.6) is 0 Å². The van der Waals surface area contributed by atoms with E-state index in [2.05, 4.69) is 80.7 Å². The predicted molar refractivity (Wildman–Crippen MR) is 198 cm³/mol. The zero-order chi connectivity index (χ0) is 36.4. The van der Waals surface area contributed by atoms with Crippen LogP contribution in [0.2, 0.25) is 0 Å². The maximum atomic E-state index is 12.6. The number of esters is 2. The molecule has 0 fully saturated rings. The number of carboxylic acids is 1. The Morgan fingerprint density at radius 1 is 0.633 bits per heavy atom. The fraction of sp³-hybridized carbons (Fsp3) is 0.585. The molecule has 0 bridgehead atoms. The summed E-state index contributed by atoms with van der Waals surface area (Å²) in [6.07, 6.45) is 39.4. The van der Waals surface area contributed by atoms with Crippen LogP contribution in [-0.2, 0) is 28.6 Å².